The zero-order chi connectivity index (χ0) is 52.3. The van der Waals surface area contributed by atoms with E-state index < -0.39 is 42.7 Å². The van der Waals surface area contributed by atoms with Gasteiger partial charge >= 0.3 is 5.97 Å². The number of carboxylic acids is 1. The smallest absolute Gasteiger partial charge is 0.306 e. The first-order valence-electron chi connectivity index (χ1n) is 25.2. The second-order valence-electron chi connectivity index (χ2n) is 19.7. The largest absolute Gasteiger partial charge is 0.493 e. The van der Waals surface area contributed by atoms with Crippen LogP contribution in [0.25, 0.3) is 0 Å². The lowest BCUT2D eigenvalue weighted by molar-refractivity contribution is -0.144. The average Bonchev–Trinajstić information content (AvgIpc) is 3.92. The first-order valence-corrected chi connectivity index (χ1v) is 25.2. The van der Waals surface area contributed by atoms with Crippen LogP contribution < -0.4 is 45.3 Å². The summed E-state index contributed by atoms with van der Waals surface area (Å²) in [5.74, 6) is -2.75. The van der Waals surface area contributed by atoms with Gasteiger partial charge < -0.3 is 45.5 Å². The number of carbonyl (C=O) groups excluding carboxylic acids is 6. The molecular weight excluding hydrogens is 959 g/mol. The second-order valence-corrected chi connectivity index (χ2v) is 19.7. The van der Waals surface area contributed by atoms with Crippen molar-refractivity contribution < 1.29 is 52.9 Å². The monoisotopic (exact) mass is 1020 g/mol. The van der Waals surface area contributed by atoms with Crippen LogP contribution in [0.15, 0.2) is 96.0 Å². The molecule has 1 fully saturated rings. The van der Waals surface area contributed by atoms with E-state index in [-0.39, 0.29) is 55.5 Å². The molecular formula is C57H57N7O11. The Morgan fingerprint density at radius 2 is 1.25 bits per heavy atom. The van der Waals surface area contributed by atoms with Crippen LogP contribution in [-0.4, -0.2) is 91.6 Å². The minimum Gasteiger partial charge on any atom is -0.493 e. The van der Waals surface area contributed by atoms with Crippen LogP contribution >= 0.6 is 0 Å². The normalized spacial score (nSPS) is 18.9. The number of methoxy groups -OCH3 is 1. The SMILES string of the molecule is COc1cc2c(cc1OCc1cc(COc3cc4c(cc3C)C(=O)N3c5ccccc5C[C@H]3C=N4)cc(NC(=O)CNC(=O)CNC(=O)CNC(=O)C3CCC(C(=O)O)CC3)c1)CC[C@@H]1Cc3ccccc3N1C2=O. The van der Waals surface area contributed by atoms with Crippen LogP contribution in [0.2, 0.25) is 0 Å². The van der Waals surface area contributed by atoms with Gasteiger partial charge in [0.2, 0.25) is 23.6 Å². The maximum absolute atomic E-state index is 14.1. The molecule has 0 radical (unpaired) electrons. The zero-order valence-electron chi connectivity index (χ0n) is 41.6. The number of carbonyl (C=O) groups is 7. The molecule has 1 aliphatic carbocycles. The fraction of sp³-hybridized carbons (Fsp3) is 0.333. The molecule has 75 heavy (non-hydrogen) atoms. The first-order chi connectivity index (χ1) is 36.3. The lowest BCUT2D eigenvalue weighted by Gasteiger charge is -2.25. The van der Waals surface area contributed by atoms with Gasteiger partial charge in [0.05, 0.1) is 50.0 Å². The molecule has 0 unspecified atom stereocenters. The second kappa shape index (κ2) is 21.5. The molecule has 18 heteroatoms. The fourth-order valence-electron chi connectivity index (χ4n) is 10.8. The summed E-state index contributed by atoms with van der Waals surface area (Å²) in [7, 11) is 1.52. The Kier molecular flexibility index (Phi) is 14.3. The molecule has 10 rings (SSSR count). The summed E-state index contributed by atoms with van der Waals surface area (Å²) < 4.78 is 18.7. The van der Waals surface area contributed by atoms with Gasteiger partial charge in [-0.2, -0.15) is 0 Å². The minimum atomic E-state index is -0.875. The van der Waals surface area contributed by atoms with E-state index in [1.807, 2.05) is 66.4 Å². The number of hydrogen-bond acceptors (Lipinski definition) is 11. The molecule has 4 aliphatic heterocycles. The molecule has 5 aromatic rings. The highest BCUT2D eigenvalue weighted by Crippen LogP contribution is 2.42. The van der Waals surface area contributed by atoms with Crippen molar-refractivity contribution in [3.05, 3.63) is 136 Å². The van der Waals surface area contributed by atoms with E-state index in [9.17, 15) is 38.7 Å². The van der Waals surface area contributed by atoms with E-state index in [0.717, 1.165) is 46.5 Å². The Morgan fingerprint density at radius 1 is 0.640 bits per heavy atom. The average molecular weight is 1020 g/mol. The van der Waals surface area contributed by atoms with Crippen molar-refractivity contribution >= 4 is 70.4 Å². The first kappa shape index (κ1) is 50.0. The van der Waals surface area contributed by atoms with Gasteiger partial charge in [0.25, 0.3) is 11.8 Å². The molecule has 5 N–H and O–H groups in total. The number of ether oxygens (including phenoxy) is 3. The summed E-state index contributed by atoms with van der Waals surface area (Å²) in [6.45, 7) is 0.706. The standard InChI is InChI=1S/C57H57N7O11/c1-32-17-44-45(58-26-42-22-39-8-4-6-10-47(39)64(42)56(44)70)25-48(32)74-30-33-18-34(31-75-50-23-37-15-16-41-21-38-7-3-5-9-46(38)63(41)55(69)43(37)24-49(50)73-2)20-40(19-33)62-53(67)29-60-51(65)27-59-52(66)28-61-54(68)35-11-13-36(14-12-35)57(71)72/h3-10,17-20,23-26,35-36,41-42H,11-16,21-22,27-31H2,1-2H3,(H,59,66)(H,60,65)(H,61,68)(H,62,67)(H,71,72)/t35?,36?,41-,42+/m1/s1. The summed E-state index contributed by atoms with van der Waals surface area (Å²) >= 11 is 0. The highest BCUT2D eigenvalue weighted by Gasteiger charge is 2.39. The Balaban J connectivity index is 0.812. The number of amides is 6. The van der Waals surface area contributed by atoms with E-state index in [1.165, 1.54) is 7.11 Å². The molecule has 0 bridgehead atoms. The van der Waals surface area contributed by atoms with Crippen molar-refractivity contribution in [1.29, 1.82) is 0 Å². The molecule has 0 aromatic heterocycles. The highest BCUT2D eigenvalue weighted by atomic mass is 16.5. The quantitative estimate of drug-likeness (QED) is 0.0753. The third kappa shape index (κ3) is 10.8. The fourth-order valence-corrected chi connectivity index (χ4v) is 10.8. The number of anilines is 3. The number of para-hydroxylation sites is 2. The van der Waals surface area contributed by atoms with Gasteiger partial charge in [0.1, 0.15) is 19.0 Å². The van der Waals surface area contributed by atoms with Crippen LogP contribution in [0.5, 0.6) is 17.2 Å². The van der Waals surface area contributed by atoms with Gasteiger partial charge in [-0.25, -0.2) is 0 Å². The van der Waals surface area contributed by atoms with E-state index in [0.29, 0.717) is 89.4 Å². The molecule has 0 saturated heterocycles. The van der Waals surface area contributed by atoms with E-state index in [1.54, 1.807) is 41.4 Å². The summed E-state index contributed by atoms with van der Waals surface area (Å²) in [5.41, 5.74) is 8.84. The van der Waals surface area contributed by atoms with Crippen LogP contribution in [0.1, 0.15) is 86.2 Å². The Hall–Kier alpha value is -8.54. The molecule has 0 spiro atoms. The van der Waals surface area contributed by atoms with Crippen LogP contribution in [0, 0.1) is 18.8 Å². The van der Waals surface area contributed by atoms with E-state index in [4.69, 9.17) is 19.2 Å². The predicted octanol–water partition coefficient (Wildman–Crippen LogP) is 6.14. The molecule has 4 heterocycles. The van der Waals surface area contributed by atoms with Gasteiger partial charge in [0, 0.05) is 53.3 Å². The van der Waals surface area contributed by atoms with Crippen molar-refractivity contribution in [3.8, 4) is 17.2 Å². The third-order valence-corrected chi connectivity index (χ3v) is 14.7. The number of rotatable bonds is 16. The number of carboxylic acid groups (broad SMARTS) is 1. The minimum absolute atomic E-state index is 0.0279. The van der Waals surface area contributed by atoms with Gasteiger partial charge in [-0.1, -0.05) is 36.4 Å². The topological polar surface area (TPSA) is 234 Å². The predicted molar refractivity (Wildman–Crippen MR) is 278 cm³/mol. The lowest BCUT2D eigenvalue weighted by atomic mass is 9.81. The third-order valence-electron chi connectivity index (χ3n) is 14.7. The maximum atomic E-state index is 14.1. The summed E-state index contributed by atoms with van der Waals surface area (Å²) in [6.07, 6.45) is 6.32. The van der Waals surface area contributed by atoms with Gasteiger partial charge in [-0.05, 0) is 134 Å². The molecule has 386 valence electrons. The molecule has 5 aromatic carbocycles. The lowest BCUT2D eigenvalue weighted by Crippen LogP contribution is -2.44. The van der Waals surface area contributed by atoms with Crippen LogP contribution in [0.3, 0.4) is 0 Å². The van der Waals surface area contributed by atoms with Crippen molar-refractivity contribution in [2.75, 3.05) is 41.9 Å². The zero-order valence-corrected chi connectivity index (χ0v) is 41.6. The number of aryl methyl sites for hydroxylation is 2. The maximum Gasteiger partial charge on any atom is 0.306 e. The summed E-state index contributed by atoms with van der Waals surface area (Å²) in [6, 6.07) is 28.2. The molecule has 6 amide bonds. The van der Waals surface area contributed by atoms with Gasteiger partial charge in [0.15, 0.2) is 11.5 Å². The molecule has 18 nitrogen and oxygen atoms in total. The molecule has 5 aliphatic rings. The number of aliphatic carboxylic acids is 1. The Morgan fingerprint density at radius 3 is 1.95 bits per heavy atom. The number of aliphatic imine (C=N–C) groups is 1. The number of nitrogens with zero attached hydrogens (tertiary/aromatic N) is 3. The van der Waals surface area contributed by atoms with Crippen molar-refractivity contribution in [3.63, 3.8) is 0 Å². The Labute approximate surface area is 432 Å². The van der Waals surface area contributed by atoms with Crippen molar-refractivity contribution in [2.24, 2.45) is 16.8 Å². The van der Waals surface area contributed by atoms with E-state index in [2.05, 4.69) is 27.3 Å². The van der Waals surface area contributed by atoms with Gasteiger partial charge in [-0.15, -0.1) is 0 Å². The number of hydrogen-bond donors (Lipinski definition) is 5. The number of fused-ring (bicyclic) bond motifs is 8. The Bertz CT molecular complexity index is 3160. The summed E-state index contributed by atoms with van der Waals surface area (Å²) in [4.78, 5) is 98.9. The molecule has 2 atom stereocenters. The van der Waals surface area contributed by atoms with Gasteiger partial charge in [-0.3, -0.25) is 43.5 Å². The number of nitrogens with one attached hydrogen (secondary N) is 4. The summed E-state index contributed by atoms with van der Waals surface area (Å²) in [5, 5.41) is 19.5. The van der Waals surface area contributed by atoms with E-state index >= 15 is 0 Å². The highest BCUT2D eigenvalue weighted by molar-refractivity contribution is 6.15. The van der Waals surface area contributed by atoms with Crippen molar-refractivity contribution in [2.45, 2.75) is 83.6 Å². The van der Waals surface area contributed by atoms with Crippen LogP contribution in [-0.2, 0) is 56.4 Å². The van der Waals surface area contributed by atoms with Crippen LogP contribution in [0.4, 0.5) is 22.7 Å². The van der Waals surface area contributed by atoms with Crippen molar-refractivity contribution in [1.82, 2.24) is 16.0 Å². The number of benzene rings is 5. The molecule has 1 saturated carbocycles.